The van der Waals surface area contributed by atoms with Gasteiger partial charge in [0.05, 0.1) is 12.6 Å². The van der Waals surface area contributed by atoms with Crippen molar-refractivity contribution < 1.29 is 29.4 Å². The monoisotopic (exact) mass is 505 g/mol. The summed E-state index contributed by atoms with van der Waals surface area (Å²) >= 11 is 0. The standard InChI is InChI=1S/C23H35N7O6/c24-23(25)27-11-5-9-16(28-19(32)15-8-4-10-26-15)20(33)30-18(13-31)21(34)29-17(22(35)36)12-14-6-2-1-3-7-14/h1-3,6-7,15-18,26,31H,4-5,8-13H2,(H,28,32)(H,29,34)(H,30,33)(H,35,36)(H4,24,25,27). The smallest absolute Gasteiger partial charge is 0.326 e. The Morgan fingerprint density at radius 1 is 1.03 bits per heavy atom. The number of hydrogen-bond donors (Lipinski definition) is 8. The number of carbonyl (C=O) groups excluding carboxylic acids is 3. The molecule has 2 rings (SSSR count). The summed E-state index contributed by atoms with van der Waals surface area (Å²) in [5, 5.41) is 29.7. The highest BCUT2D eigenvalue weighted by Gasteiger charge is 2.31. The molecule has 3 amide bonds. The minimum Gasteiger partial charge on any atom is -0.480 e. The SMILES string of the molecule is NC(N)=NCCCC(NC(=O)C1CCCN1)C(=O)NC(CO)C(=O)NC(Cc1ccccc1)C(=O)O. The van der Waals surface area contributed by atoms with E-state index in [1.165, 1.54) is 0 Å². The fourth-order valence-corrected chi connectivity index (χ4v) is 3.74. The Kier molecular flexibility index (Phi) is 11.6. The molecule has 13 nitrogen and oxygen atoms in total. The maximum absolute atomic E-state index is 13.0. The molecular formula is C23H35N7O6. The van der Waals surface area contributed by atoms with Crippen LogP contribution in [0.4, 0.5) is 0 Å². The number of rotatable bonds is 14. The fraction of sp³-hybridized carbons (Fsp3) is 0.522. The third kappa shape index (κ3) is 9.50. The van der Waals surface area contributed by atoms with Crippen molar-refractivity contribution in [3.63, 3.8) is 0 Å². The van der Waals surface area contributed by atoms with Crippen molar-refractivity contribution in [1.82, 2.24) is 21.3 Å². The van der Waals surface area contributed by atoms with E-state index in [1.54, 1.807) is 30.3 Å². The van der Waals surface area contributed by atoms with E-state index in [2.05, 4.69) is 26.3 Å². The first kappa shape index (κ1) is 28.5. The van der Waals surface area contributed by atoms with Crippen LogP contribution in [0.5, 0.6) is 0 Å². The van der Waals surface area contributed by atoms with E-state index >= 15 is 0 Å². The predicted octanol–water partition coefficient (Wildman–Crippen LogP) is -2.43. The summed E-state index contributed by atoms with van der Waals surface area (Å²) in [6.45, 7) is 0.154. The lowest BCUT2D eigenvalue weighted by atomic mass is 10.1. The molecule has 10 N–H and O–H groups in total. The van der Waals surface area contributed by atoms with Gasteiger partial charge in [-0.1, -0.05) is 30.3 Å². The van der Waals surface area contributed by atoms with Crippen molar-refractivity contribution in [2.24, 2.45) is 16.5 Å². The van der Waals surface area contributed by atoms with Crippen LogP contribution in [-0.2, 0) is 25.6 Å². The minimum absolute atomic E-state index is 0.0197. The van der Waals surface area contributed by atoms with Crippen LogP contribution >= 0.6 is 0 Å². The number of amides is 3. The number of nitrogens with one attached hydrogen (secondary N) is 4. The summed E-state index contributed by atoms with van der Waals surface area (Å²) in [6, 6.07) is 4.59. The van der Waals surface area contributed by atoms with E-state index in [0.29, 0.717) is 24.9 Å². The Labute approximate surface area is 209 Å². The van der Waals surface area contributed by atoms with E-state index in [-0.39, 0.29) is 31.3 Å². The second kappa shape index (κ2) is 14.6. The molecule has 1 saturated heterocycles. The molecule has 0 bridgehead atoms. The van der Waals surface area contributed by atoms with Crippen molar-refractivity contribution in [2.75, 3.05) is 19.7 Å². The Bertz CT molecular complexity index is 917. The Morgan fingerprint density at radius 3 is 2.28 bits per heavy atom. The van der Waals surface area contributed by atoms with Crippen LogP contribution in [0.2, 0.25) is 0 Å². The highest BCUT2D eigenvalue weighted by atomic mass is 16.4. The molecule has 198 valence electrons. The third-order valence-electron chi connectivity index (χ3n) is 5.67. The molecule has 36 heavy (non-hydrogen) atoms. The lowest BCUT2D eigenvalue weighted by Gasteiger charge is -2.24. The van der Waals surface area contributed by atoms with E-state index < -0.39 is 48.6 Å². The molecule has 0 aliphatic carbocycles. The van der Waals surface area contributed by atoms with Crippen LogP contribution in [0.15, 0.2) is 35.3 Å². The second-order valence-corrected chi connectivity index (χ2v) is 8.49. The van der Waals surface area contributed by atoms with Gasteiger partial charge in [-0.3, -0.25) is 19.4 Å². The lowest BCUT2D eigenvalue weighted by Crippen LogP contribution is -2.58. The summed E-state index contributed by atoms with van der Waals surface area (Å²) in [5.74, 6) is -3.28. The number of guanidine groups is 1. The molecule has 0 spiro atoms. The molecule has 0 radical (unpaired) electrons. The number of carbonyl (C=O) groups is 4. The molecule has 4 unspecified atom stereocenters. The fourth-order valence-electron chi connectivity index (χ4n) is 3.74. The Hall–Kier alpha value is -3.71. The van der Waals surface area contributed by atoms with Crippen molar-refractivity contribution in [3.8, 4) is 0 Å². The van der Waals surface area contributed by atoms with Gasteiger partial charge in [0.1, 0.15) is 18.1 Å². The minimum atomic E-state index is -1.42. The van der Waals surface area contributed by atoms with Gasteiger partial charge in [-0.25, -0.2) is 4.79 Å². The number of carboxylic acids is 1. The van der Waals surface area contributed by atoms with Gasteiger partial charge < -0.3 is 42.9 Å². The van der Waals surface area contributed by atoms with Gasteiger partial charge >= 0.3 is 5.97 Å². The number of carboxylic acid groups (broad SMARTS) is 1. The van der Waals surface area contributed by atoms with Crippen molar-refractivity contribution >= 4 is 29.7 Å². The molecular weight excluding hydrogens is 470 g/mol. The number of aliphatic hydroxyl groups is 1. The zero-order chi connectivity index (χ0) is 26.5. The van der Waals surface area contributed by atoms with Crippen LogP contribution in [0.25, 0.3) is 0 Å². The maximum atomic E-state index is 13.0. The highest BCUT2D eigenvalue weighted by molar-refractivity contribution is 5.94. The Balaban J connectivity index is 2.03. The van der Waals surface area contributed by atoms with Crippen LogP contribution < -0.4 is 32.7 Å². The van der Waals surface area contributed by atoms with Crippen LogP contribution in [0.3, 0.4) is 0 Å². The predicted molar refractivity (Wildman–Crippen MR) is 132 cm³/mol. The van der Waals surface area contributed by atoms with Gasteiger partial charge in [0, 0.05) is 13.0 Å². The zero-order valence-electron chi connectivity index (χ0n) is 20.0. The number of aliphatic imine (C=N–C) groups is 1. The number of nitrogens with zero attached hydrogens (tertiary/aromatic N) is 1. The average Bonchev–Trinajstić information content (AvgIpc) is 3.39. The van der Waals surface area contributed by atoms with E-state index in [0.717, 1.165) is 6.42 Å². The van der Waals surface area contributed by atoms with Crippen molar-refractivity contribution in [2.45, 2.75) is 56.3 Å². The zero-order valence-corrected chi connectivity index (χ0v) is 20.0. The van der Waals surface area contributed by atoms with Crippen LogP contribution in [0, 0.1) is 0 Å². The summed E-state index contributed by atoms with van der Waals surface area (Å²) < 4.78 is 0. The van der Waals surface area contributed by atoms with Crippen molar-refractivity contribution in [1.29, 1.82) is 0 Å². The van der Waals surface area contributed by atoms with E-state index in [1.807, 2.05) is 0 Å². The molecule has 0 aromatic heterocycles. The molecule has 1 aliphatic rings. The van der Waals surface area contributed by atoms with Gasteiger partial charge in [-0.2, -0.15) is 0 Å². The Morgan fingerprint density at radius 2 is 1.69 bits per heavy atom. The second-order valence-electron chi connectivity index (χ2n) is 8.49. The first-order valence-electron chi connectivity index (χ1n) is 11.8. The maximum Gasteiger partial charge on any atom is 0.326 e. The highest BCUT2D eigenvalue weighted by Crippen LogP contribution is 2.08. The quantitative estimate of drug-likeness (QED) is 0.0763. The molecule has 1 aromatic carbocycles. The van der Waals surface area contributed by atoms with E-state index in [9.17, 15) is 29.4 Å². The molecule has 13 heteroatoms. The van der Waals surface area contributed by atoms with Crippen LogP contribution in [-0.4, -0.2) is 83.7 Å². The summed E-state index contributed by atoms with van der Waals surface area (Å²) in [6.07, 6.45) is 2.02. The lowest BCUT2D eigenvalue weighted by molar-refractivity contribution is -0.142. The summed E-state index contributed by atoms with van der Waals surface area (Å²) in [5.41, 5.74) is 11.3. The first-order chi connectivity index (χ1) is 17.2. The van der Waals surface area contributed by atoms with Gasteiger partial charge in [-0.05, 0) is 37.8 Å². The number of hydrogen-bond acceptors (Lipinski definition) is 7. The number of aliphatic carboxylic acids is 1. The molecule has 1 heterocycles. The van der Waals surface area contributed by atoms with Gasteiger partial charge in [-0.15, -0.1) is 0 Å². The van der Waals surface area contributed by atoms with Crippen LogP contribution in [0.1, 0.15) is 31.2 Å². The van der Waals surface area contributed by atoms with E-state index in [4.69, 9.17) is 11.5 Å². The molecule has 4 atom stereocenters. The average molecular weight is 506 g/mol. The van der Waals surface area contributed by atoms with Gasteiger partial charge in [0.25, 0.3) is 0 Å². The number of benzene rings is 1. The number of nitrogens with two attached hydrogens (primary N) is 2. The third-order valence-corrected chi connectivity index (χ3v) is 5.67. The summed E-state index contributed by atoms with van der Waals surface area (Å²) in [4.78, 5) is 53.8. The van der Waals surface area contributed by atoms with Crippen molar-refractivity contribution in [3.05, 3.63) is 35.9 Å². The molecule has 1 fully saturated rings. The topological polar surface area (TPSA) is 221 Å². The number of aliphatic hydroxyl groups excluding tert-OH is 1. The largest absolute Gasteiger partial charge is 0.480 e. The molecule has 1 aromatic rings. The molecule has 0 saturated carbocycles. The van der Waals surface area contributed by atoms with Gasteiger partial charge in [0.2, 0.25) is 17.7 Å². The van der Waals surface area contributed by atoms with Gasteiger partial charge in [0.15, 0.2) is 5.96 Å². The summed E-state index contributed by atoms with van der Waals surface area (Å²) in [7, 11) is 0. The normalized spacial score (nSPS) is 17.3. The molecule has 1 aliphatic heterocycles. The first-order valence-corrected chi connectivity index (χ1v) is 11.8.